The molecule has 0 spiro atoms. The van der Waals surface area contributed by atoms with E-state index in [4.69, 9.17) is 22.9 Å². The minimum atomic E-state index is -0.524. The third-order valence-electron chi connectivity index (χ3n) is 12.2. The van der Waals surface area contributed by atoms with E-state index in [9.17, 15) is 19.2 Å². The smallest absolute Gasteiger partial charge is 0.228 e. The number of piperazine rings is 1. The quantitative estimate of drug-likeness (QED) is 0.121. The number of carbonyl (C=O) groups is 4. The Balaban J connectivity index is 0.785. The molecule has 7 rings (SSSR count). The molecule has 2 saturated carbocycles. The van der Waals surface area contributed by atoms with E-state index in [1.54, 1.807) is 25.2 Å². The Morgan fingerprint density at radius 1 is 0.895 bits per heavy atom. The van der Waals surface area contributed by atoms with Crippen molar-refractivity contribution in [2.45, 2.75) is 82.8 Å². The van der Waals surface area contributed by atoms with E-state index >= 15 is 0 Å². The Hall–Kier alpha value is -4.93. The van der Waals surface area contributed by atoms with Gasteiger partial charge in [0.1, 0.15) is 17.2 Å². The second kappa shape index (κ2) is 18.6. The molecule has 0 N–H and O–H groups in total. The number of ether oxygens (including phenoxy) is 1. The number of nitrogens with zero attached hydrogens (tertiary/aromatic N) is 8. The minimum absolute atomic E-state index is 0.0393. The second-order valence-corrected chi connectivity index (χ2v) is 16.4. The Bertz CT molecular complexity index is 1950. The number of Topliss-reactive ketones (excluding diaryl/α,β-unsaturated/α-hetero) is 3. The lowest BCUT2D eigenvalue weighted by molar-refractivity contribution is -0.141. The molecule has 1 aromatic carbocycles. The van der Waals surface area contributed by atoms with Crippen LogP contribution in [0.5, 0.6) is 5.75 Å². The predicted molar refractivity (Wildman–Crippen MR) is 217 cm³/mol. The van der Waals surface area contributed by atoms with Gasteiger partial charge in [0.2, 0.25) is 11.6 Å². The van der Waals surface area contributed by atoms with Crippen LogP contribution < -0.4 is 14.5 Å². The highest BCUT2D eigenvalue weighted by Crippen LogP contribution is 2.34. The molecule has 13 nitrogen and oxygen atoms in total. The molecule has 1 atom stereocenters. The van der Waals surface area contributed by atoms with Crippen molar-refractivity contribution in [3.63, 3.8) is 0 Å². The van der Waals surface area contributed by atoms with Gasteiger partial charge in [0.15, 0.2) is 17.4 Å². The van der Waals surface area contributed by atoms with Gasteiger partial charge in [-0.05, 0) is 93.2 Å². The van der Waals surface area contributed by atoms with Crippen molar-refractivity contribution in [1.29, 1.82) is 0 Å². The molecular weight excluding hydrogens is 744 g/mol. The number of carbonyl (C=O) groups excluding carboxylic acids is 4. The standard InChI is InChI=1S/C43H51ClN8O5/c1-45-37-11-10-35(26-36(37)44)57-34-8-3-29(4-9-34)23-40(54)38-12-14-42(48-47-38)52-17-15-30(16-18-52)28-50-19-21-51(22-20-50)32-6-5-31(46-27-32)24-43(56)49(2)39-13-7-33(53)25-41(39)55/h5-6,10-12,14,26-27,29-30,34,39H,3-4,7-9,13,15-25,28H2,2H3. The van der Waals surface area contributed by atoms with Crippen LogP contribution in [0.4, 0.5) is 17.2 Å². The van der Waals surface area contributed by atoms with Crippen LogP contribution in [0.15, 0.2) is 48.7 Å². The lowest BCUT2D eigenvalue weighted by Crippen LogP contribution is -2.49. The lowest BCUT2D eigenvalue weighted by atomic mass is 9.84. The molecule has 2 saturated heterocycles. The summed E-state index contributed by atoms with van der Waals surface area (Å²) < 4.78 is 6.11. The maximum absolute atomic E-state index is 13.1. The number of amides is 1. The van der Waals surface area contributed by atoms with Crippen LogP contribution in [0.3, 0.4) is 0 Å². The first-order valence-corrected chi connectivity index (χ1v) is 20.7. The summed E-state index contributed by atoms with van der Waals surface area (Å²) >= 11 is 6.16. The number of anilines is 2. The maximum Gasteiger partial charge on any atom is 0.228 e. The molecule has 2 aliphatic heterocycles. The number of rotatable bonds is 12. The summed E-state index contributed by atoms with van der Waals surface area (Å²) in [5.74, 6) is 2.07. The average Bonchev–Trinajstić information content (AvgIpc) is 3.22. The maximum atomic E-state index is 13.1. The first kappa shape index (κ1) is 40.3. The summed E-state index contributed by atoms with van der Waals surface area (Å²) in [5, 5.41) is 9.22. The summed E-state index contributed by atoms with van der Waals surface area (Å²) in [5.41, 5.74) is 2.56. The number of likely N-dealkylation sites (N-methyl/N-ethyl adjacent to an activating group) is 1. The Morgan fingerprint density at radius 2 is 1.67 bits per heavy atom. The molecule has 4 aliphatic rings. The summed E-state index contributed by atoms with van der Waals surface area (Å²) in [6.45, 7) is 13.8. The van der Waals surface area contributed by atoms with Crippen LogP contribution in [0, 0.1) is 18.4 Å². The molecule has 2 aliphatic carbocycles. The van der Waals surface area contributed by atoms with E-state index in [1.165, 1.54) is 4.90 Å². The summed E-state index contributed by atoms with van der Waals surface area (Å²) in [7, 11) is 1.64. The number of pyridine rings is 1. The third-order valence-corrected chi connectivity index (χ3v) is 12.5. The number of halogens is 1. The summed E-state index contributed by atoms with van der Waals surface area (Å²) in [4.78, 5) is 66.4. The van der Waals surface area contributed by atoms with Gasteiger partial charge in [0.05, 0.1) is 48.5 Å². The van der Waals surface area contributed by atoms with Crippen LogP contribution in [0.2, 0.25) is 5.02 Å². The third kappa shape index (κ3) is 10.3. The molecule has 14 heteroatoms. The zero-order valence-corrected chi connectivity index (χ0v) is 33.4. The van der Waals surface area contributed by atoms with E-state index in [2.05, 4.69) is 34.7 Å². The van der Waals surface area contributed by atoms with Gasteiger partial charge in [-0.1, -0.05) is 17.7 Å². The van der Waals surface area contributed by atoms with Crippen LogP contribution in [0.1, 0.15) is 80.4 Å². The molecule has 4 fully saturated rings. The zero-order valence-electron chi connectivity index (χ0n) is 32.7. The molecule has 57 heavy (non-hydrogen) atoms. The number of ketones is 3. The van der Waals surface area contributed by atoms with Gasteiger partial charge < -0.3 is 19.4 Å². The summed E-state index contributed by atoms with van der Waals surface area (Å²) in [6.07, 6.45) is 8.88. The van der Waals surface area contributed by atoms with Gasteiger partial charge >= 0.3 is 0 Å². The van der Waals surface area contributed by atoms with E-state index < -0.39 is 6.04 Å². The van der Waals surface area contributed by atoms with Gasteiger partial charge in [-0.3, -0.25) is 29.1 Å². The molecule has 0 radical (unpaired) electrons. The first-order chi connectivity index (χ1) is 27.6. The molecule has 0 bridgehead atoms. The SMILES string of the molecule is [C-]#[N+]c1ccc(OC2CCC(CC(=O)c3ccc(N4CCC(CN5CCN(c6ccc(CC(=O)N(C)C7CCC(=O)CC7=O)nc6)CC5)CC4)nn3)CC2)cc1Cl. The van der Waals surface area contributed by atoms with E-state index in [1.807, 2.05) is 30.5 Å². The van der Waals surface area contributed by atoms with Crippen molar-refractivity contribution in [2.75, 3.05) is 62.7 Å². The fraction of sp³-hybridized carbons (Fsp3) is 0.535. The fourth-order valence-corrected chi connectivity index (χ4v) is 8.85. The molecule has 4 heterocycles. The van der Waals surface area contributed by atoms with Gasteiger partial charge in [-0.15, -0.1) is 10.2 Å². The summed E-state index contributed by atoms with van der Waals surface area (Å²) in [6, 6.07) is 12.3. The molecule has 1 unspecified atom stereocenters. The van der Waals surface area contributed by atoms with Gasteiger partial charge in [0, 0.05) is 71.4 Å². The van der Waals surface area contributed by atoms with E-state index in [0.717, 1.165) is 95.8 Å². The first-order valence-electron chi connectivity index (χ1n) is 20.3. The Kier molecular flexibility index (Phi) is 13.1. The minimum Gasteiger partial charge on any atom is -0.490 e. The van der Waals surface area contributed by atoms with Gasteiger partial charge in [0.25, 0.3) is 0 Å². The Labute approximate surface area is 339 Å². The lowest BCUT2D eigenvalue weighted by Gasteiger charge is -2.39. The topological polar surface area (TPSA) is 134 Å². The van der Waals surface area contributed by atoms with Gasteiger partial charge in [-0.25, -0.2) is 4.85 Å². The van der Waals surface area contributed by atoms with Crippen molar-refractivity contribution in [2.24, 2.45) is 11.8 Å². The van der Waals surface area contributed by atoms with Crippen molar-refractivity contribution in [3.8, 4) is 5.75 Å². The molecular formula is C43H51ClN8O5. The molecule has 1 amide bonds. The van der Waals surface area contributed by atoms with Crippen LogP contribution in [0.25, 0.3) is 4.85 Å². The molecule has 2 aromatic heterocycles. The monoisotopic (exact) mass is 794 g/mol. The van der Waals surface area contributed by atoms with Crippen molar-refractivity contribution in [1.82, 2.24) is 25.0 Å². The largest absolute Gasteiger partial charge is 0.490 e. The van der Waals surface area contributed by atoms with Crippen LogP contribution in [-0.4, -0.2) is 113 Å². The van der Waals surface area contributed by atoms with Crippen molar-refractivity contribution >= 4 is 52.1 Å². The van der Waals surface area contributed by atoms with Crippen molar-refractivity contribution in [3.05, 3.63) is 76.5 Å². The second-order valence-electron chi connectivity index (χ2n) is 16.0. The van der Waals surface area contributed by atoms with Gasteiger partial charge in [-0.2, -0.15) is 0 Å². The molecule has 3 aromatic rings. The van der Waals surface area contributed by atoms with E-state index in [-0.39, 0.29) is 42.2 Å². The number of piperidine rings is 1. The zero-order chi connectivity index (χ0) is 39.9. The highest BCUT2D eigenvalue weighted by Gasteiger charge is 2.33. The van der Waals surface area contributed by atoms with Crippen LogP contribution >= 0.6 is 11.6 Å². The predicted octanol–water partition coefficient (Wildman–Crippen LogP) is 6.02. The average molecular weight is 795 g/mol. The van der Waals surface area contributed by atoms with E-state index in [0.29, 0.717) is 58.9 Å². The Morgan fingerprint density at radius 3 is 2.32 bits per heavy atom. The number of aromatic nitrogens is 3. The number of hydrogen-bond acceptors (Lipinski definition) is 11. The highest BCUT2D eigenvalue weighted by atomic mass is 35.5. The number of hydrogen-bond donors (Lipinski definition) is 0. The fourth-order valence-electron chi connectivity index (χ4n) is 8.64. The normalized spacial score (nSPS) is 22.2. The molecule has 300 valence electrons. The number of benzene rings is 1. The van der Waals surface area contributed by atoms with Crippen LogP contribution in [-0.2, 0) is 20.8 Å². The highest BCUT2D eigenvalue weighted by molar-refractivity contribution is 6.33. The van der Waals surface area contributed by atoms with Crippen molar-refractivity contribution < 1.29 is 23.9 Å².